The Morgan fingerprint density at radius 3 is 2.83 bits per heavy atom. The summed E-state index contributed by atoms with van der Waals surface area (Å²) in [6.45, 7) is 0.469. The molecule has 0 saturated carbocycles. The molecule has 3 N–H and O–H groups in total. The summed E-state index contributed by atoms with van der Waals surface area (Å²) in [5, 5.41) is 3.31. The summed E-state index contributed by atoms with van der Waals surface area (Å²) in [6.07, 6.45) is 4.79. The fraction of sp³-hybridized carbons (Fsp3) is 0.375. The average Bonchev–Trinajstić information content (AvgIpc) is 3.12. The minimum Gasteiger partial charge on any atom is -0.368 e. The van der Waals surface area contributed by atoms with Gasteiger partial charge in [0.2, 0.25) is 16.0 Å². The lowest BCUT2D eigenvalue weighted by Gasteiger charge is -2.21. The lowest BCUT2D eigenvalue weighted by molar-refractivity contribution is 0.598. The van der Waals surface area contributed by atoms with E-state index >= 15 is 0 Å². The molecule has 0 unspecified atom stereocenters. The topological polar surface area (TPSA) is 101 Å². The monoisotopic (exact) mass is 345 g/mol. The van der Waals surface area contributed by atoms with E-state index in [1.54, 1.807) is 0 Å². The fourth-order valence-corrected chi connectivity index (χ4v) is 4.51. The Morgan fingerprint density at radius 1 is 1.21 bits per heavy atom. The molecular weight excluding hydrogens is 326 g/mol. The highest BCUT2D eigenvalue weighted by Crippen LogP contribution is 2.39. The molecule has 1 aliphatic heterocycles. The summed E-state index contributed by atoms with van der Waals surface area (Å²) < 4.78 is 25.6. The Labute approximate surface area is 141 Å². The number of aromatic nitrogens is 2. The van der Waals surface area contributed by atoms with Gasteiger partial charge >= 0.3 is 0 Å². The van der Waals surface area contributed by atoms with Gasteiger partial charge in [-0.2, -0.15) is 4.98 Å². The Bertz CT molecular complexity index is 926. The maximum atomic E-state index is 12.1. The van der Waals surface area contributed by atoms with Gasteiger partial charge in [0.05, 0.1) is 23.3 Å². The summed E-state index contributed by atoms with van der Waals surface area (Å²) in [7, 11) is -3.31. The van der Waals surface area contributed by atoms with E-state index in [0.717, 1.165) is 41.8 Å². The highest BCUT2D eigenvalue weighted by molar-refractivity contribution is 7.92. The summed E-state index contributed by atoms with van der Waals surface area (Å²) in [5.74, 6) is 0.925. The van der Waals surface area contributed by atoms with Gasteiger partial charge in [-0.05, 0) is 37.3 Å². The maximum Gasteiger partial charge on any atom is 0.232 e. The molecule has 4 rings (SSSR count). The molecule has 0 bridgehead atoms. The summed E-state index contributed by atoms with van der Waals surface area (Å²) in [4.78, 5) is 8.64. The van der Waals surface area contributed by atoms with Crippen molar-refractivity contribution < 1.29 is 8.42 Å². The first-order valence-corrected chi connectivity index (χ1v) is 9.80. The molecule has 24 heavy (non-hydrogen) atoms. The highest BCUT2D eigenvalue weighted by Gasteiger charge is 2.29. The van der Waals surface area contributed by atoms with Gasteiger partial charge in [-0.3, -0.25) is 4.31 Å². The first-order chi connectivity index (χ1) is 11.4. The zero-order chi connectivity index (χ0) is 16.9. The van der Waals surface area contributed by atoms with E-state index in [4.69, 9.17) is 5.73 Å². The van der Waals surface area contributed by atoms with Crippen molar-refractivity contribution in [2.75, 3.05) is 28.2 Å². The average molecular weight is 345 g/mol. The van der Waals surface area contributed by atoms with Gasteiger partial charge in [0.15, 0.2) is 0 Å². The molecule has 0 radical (unpaired) electrons. The van der Waals surface area contributed by atoms with Crippen molar-refractivity contribution >= 4 is 33.2 Å². The van der Waals surface area contributed by atoms with Crippen LogP contribution in [0.4, 0.5) is 23.1 Å². The van der Waals surface area contributed by atoms with Crippen LogP contribution in [0.5, 0.6) is 0 Å². The van der Waals surface area contributed by atoms with E-state index in [1.165, 1.54) is 10.6 Å². The molecule has 0 fully saturated rings. The van der Waals surface area contributed by atoms with E-state index in [9.17, 15) is 8.42 Å². The summed E-state index contributed by atoms with van der Waals surface area (Å²) >= 11 is 0. The number of benzene rings is 1. The van der Waals surface area contributed by atoms with Gasteiger partial charge in [-0.25, -0.2) is 13.4 Å². The maximum absolute atomic E-state index is 12.1. The molecule has 1 aliphatic carbocycles. The van der Waals surface area contributed by atoms with Gasteiger partial charge < -0.3 is 11.1 Å². The van der Waals surface area contributed by atoms with Crippen LogP contribution in [-0.4, -0.2) is 31.2 Å². The molecular formula is C16H19N5O2S. The van der Waals surface area contributed by atoms with Crippen molar-refractivity contribution in [3.63, 3.8) is 0 Å². The third kappa shape index (κ3) is 2.47. The van der Waals surface area contributed by atoms with Crippen LogP contribution in [0.25, 0.3) is 0 Å². The van der Waals surface area contributed by atoms with E-state index in [0.29, 0.717) is 24.5 Å². The molecule has 2 aromatic rings. The molecule has 8 heteroatoms. The number of nitrogen functional groups attached to an aromatic ring is 1. The van der Waals surface area contributed by atoms with Crippen LogP contribution >= 0.6 is 0 Å². The van der Waals surface area contributed by atoms with Crippen LogP contribution in [-0.2, 0) is 29.3 Å². The molecule has 2 heterocycles. The van der Waals surface area contributed by atoms with E-state index in [1.807, 2.05) is 18.2 Å². The van der Waals surface area contributed by atoms with Crippen molar-refractivity contribution in [1.82, 2.24) is 9.97 Å². The first-order valence-electron chi connectivity index (χ1n) is 7.95. The highest BCUT2D eigenvalue weighted by atomic mass is 32.2. The molecule has 0 atom stereocenters. The molecule has 0 spiro atoms. The third-order valence-corrected chi connectivity index (χ3v) is 5.72. The number of nitrogens with one attached hydrogen (secondary N) is 1. The van der Waals surface area contributed by atoms with Crippen LogP contribution in [0.3, 0.4) is 0 Å². The molecule has 0 amide bonds. The zero-order valence-corrected chi connectivity index (χ0v) is 14.2. The number of aryl methyl sites for hydroxylation is 1. The lowest BCUT2D eigenvalue weighted by atomic mass is 10.1. The largest absolute Gasteiger partial charge is 0.368 e. The summed E-state index contributed by atoms with van der Waals surface area (Å²) in [5.41, 5.74) is 10.4. The van der Waals surface area contributed by atoms with Gasteiger partial charge in [0, 0.05) is 12.1 Å². The minimum absolute atomic E-state index is 0.241. The van der Waals surface area contributed by atoms with Crippen molar-refractivity contribution in [3.05, 3.63) is 35.0 Å². The number of nitrogens with zero attached hydrogens (tertiary/aromatic N) is 3. The van der Waals surface area contributed by atoms with Crippen LogP contribution < -0.4 is 15.4 Å². The minimum atomic E-state index is -3.31. The van der Waals surface area contributed by atoms with Gasteiger partial charge in [0.1, 0.15) is 5.82 Å². The molecule has 7 nitrogen and oxygen atoms in total. The second kappa shape index (κ2) is 5.34. The quantitative estimate of drug-likeness (QED) is 0.876. The van der Waals surface area contributed by atoms with E-state index in [-0.39, 0.29) is 5.95 Å². The normalized spacial score (nSPS) is 16.1. The van der Waals surface area contributed by atoms with Gasteiger partial charge in [-0.1, -0.05) is 12.1 Å². The molecule has 1 aromatic heterocycles. The predicted octanol–water partition coefficient (Wildman–Crippen LogP) is 1.61. The number of para-hydroxylation sites is 1. The molecule has 126 valence electrons. The van der Waals surface area contributed by atoms with Crippen molar-refractivity contribution in [3.8, 4) is 0 Å². The fourth-order valence-electron chi connectivity index (χ4n) is 3.54. The smallest absolute Gasteiger partial charge is 0.232 e. The Kier molecular flexibility index (Phi) is 3.38. The molecule has 1 aromatic carbocycles. The zero-order valence-electron chi connectivity index (χ0n) is 13.4. The number of nitrogens with two attached hydrogens (primary N) is 1. The number of hydrogen-bond acceptors (Lipinski definition) is 6. The number of fused-ring (bicyclic) bond motifs is 2. The second-order valence-corrected chi connectivity index (χ2v) is 8.14. The predicted molar refractivity (Wildman–Crippen MR) is 94.1 cm³/mol. The number of rotatable bonds is 3. The number of anilines is 4. The van der Waals surface area contributed by atoms with Crippen molar-refractivity contribution in [2.45, 2.75) is 25.7 Å². The van der Waals surface area contributed by atoms with E-state index < -0.39 is 10.0 Å². The number of sulfonamides is 1. The Hall–Kier alpha value is -2.35. The van der Waals surface area contributed by atoms with Crippen molar-refractivity contribution in [1.29, 1.82) is 0 Å². The van der Waals surface area contributed by atoms with Crippen LogP contribution in [0, 0.1) is 0 Å². The van der Waals surface area contributed by atoms with E-state index in [2.05, 4.69) is 15.3 Å². The Morgan fingerprint density at radius 2 is 2.04 bits per heavy atom. The second-order valence-electron chi connectivity index (χ2n) is 6.23. The third-order valence-electron chi connectivity index (χ3n) is 4.56. The van der Waals surface area contributed by atoms with Crippen molar-refractivity contribution in [2.24, 2.45) is 0 Å². The van der Waals surface area contributed by atoms with Gasteiger partial charge in [0.25, 0.3) is 0 Å². The standard InChI is InChI=1S/C16H19N5O2S/c1-24(22,23)21-9-8-10-4-2-7-13(14(10)21)18-15-11-5-3-6-12(11)19-16(17)20-15/h2,4,7H,3,5-6,8-9H2,1H3,(H3,17,18,19,20). The van der Waals surface area contributed by atoms with Crippen LogP contribution in [0.1, 0.15) is 23.2 Å². The SMILES string of the molecule is CS(=O)(=O)N1CCc2cccc(Nc3nc(N)nc4c3CCC4)c21. The van der Waals surface area contributed by atoms with Crippen LogP contribution in [0.2, 0.25) is 0 Å². The van der Waals surface area contributed by atoms with Gasteiger partial charge in [-0.15, -0.1) is 0 Å². The summed E-state index contributed by atoms with van der Waals surface area (Å²) in [6, 6.07) is 5.77. The van der Waals surface area contributed by atoms with Crippen LogP contribution in [0.15, 0.2) is 18.2 Å². The molecule has 2 aliphatic rings. The Balaban J connectivity index is 1.80. The first kappa shape index (κ1) is 15.2. The number of hydrogen-bond donors (Lipinski definition) is 2. The lowest BCUT2D eigenvalue weighted by Crippen LogP contribution is -2.28. The molecule has 0 saturated heterocycles.